The van der Waals surface area contributed by atoms with Gasteiger partial charge in [-0.25, -0.2) is 9.97 Å². The number of fused-ring (bicyclic) bond motifs is 1. The first kappa shape index (κ1) is 17.7. The van der Waals surface area contributed by atoms with E-state index in [4.69, 9.17) is 4.98 Å². The molecule has 1 aromatic carbocycles. The number of aromatic nitrogens is 3. The summed E-state index contributed by atoms with van der Waals surface area (Å²) in [6.45, 7) is 2.14. The van der Waals surface area contributed by atoms with Crippen LogP contribution in [-0.2, 0) is 11.3 Å². The van der Waals surface area contributed by atoms with Gasteiger partial charge >= 0.3 is 0 Å². The summed E-state index contributed by atoms with van der Waals surface area (Å²) in [6, 6.07) is 10.1. The molecule has 7 heteroatoms. The van der Waals surface area contributed by atoms with Crippen LogP contribution in [-0.4, -0.2) is 26.5 Å². The summed E-state index contributed by atoms with van der Waals surface area (Å²) in [5, 5.41) is 12.4. The molecule has 1 aliphatic rings. The molecule has 0 spiro atoms. The minimum atomic E-state index is -0.0922. The van der Waals surface area contributed by atoms with Crippen LogP contribution in [0.15, 0.2) is 29.8 Å². The van der Waals surface area contributed by atoms with Crippen LogP contribution in [0.25, 0.3) is 21.7 Å². The van der Waals surface area contributed by atoms with Gasteiger partial charge < -0.3 is 9.88 Å². The lowest BCUT2D eigenvalue weighted by atomic mass is 9.85. The number of carbonyl (C=O) groups excluding carboxylic acids is 1. The van der Waals surface area contributed by atoms with E-state index >= 15 is 0 Å². The van der Waals surface area contributed by atoms with E-state index in [1.165, 1.54) is 11.3 Å². The average molecular weight is 379 g/mol. The molecular weight excluding hydrogens is 358 g/mol. The van der Waals surface area contributed by atoms with Crippen LogP contribution in [0.1, 0.15) is 31.4 Å². The maximum absolute atomic E-state index is 12.8. The highest BCUT2D eigenvalue weighted by Crippen LogP contribution is 2.30. The Hall–Kier alpha value is -2.72. The van der Waals surface area contributed by atoms with Gasteiger partial charge in [0.25, 0.3) is 0 Å². The number of hydrogen-bond acceptors (Lipinski definition) is 5. The van der Waals surface area contributed by atoms with E-state index in [0.29, 0.717) is 0 Å². The van der Waals surface area contributed by atoms with E-state index in [2.05, 4.69) is 16.4 Å². The Kier molecular flexibility index (Phi) is 4.90. The van der Waals surface area contributed by atoms with Crippen LogP contribution < -0.4 is 5.32 Å². The molecule has 0 radical (unpaired) electrons. The highest BCUT2D eigenvalue weighted by Gasteiger charge is 2.27. The minimum absolute atomic E-state index is 0.0559. The molecule has 2 aromatic heterocycles. The number of thiazole rings is 1. The van der Waals surface area contributed by atoms with Gasteiger partial charge in [0.1, 0.15) is 6.54 Å². The molecule has 1 N–H and O–H groups in total. The van der Waals surface area contributed by atoms with Crippen LogP contribution in [0.3, 0.4) is 0 Å². The molecule has 3 aromatic rings. The van der Waals surface area contributed by atoms with Gasteiger partial charge in [0, 0.05) is 6.04 Å². The normalized spacial score (nSPS) is 19.7. The number of para-hydroxylation sites is 2. The van der Waals surface area contributed by atoms with Gasteiger partial charge in [-0.2, -0.15) is 5.26 Å². The van der Waals surface area contributed by atoms with Gasteiger partial charge in [-0.1, -0.05) is 25.0 Å². The van der Waals surface area contributed by atoms with E-state index in [0.717, 1.165) is 53.1 Å². The molecule has 2 heterocycles. The molecule has 2 atom stereocenters. The third-order valence-electron chi connectivity index (χ3n) is 5.18. The van der Waals surface area contributed by atoms with E-state index in [-0.39, 0.29) is 24.4 Å². The highest BCUT2D eigenvalue weighted by molar-refractivity contribution is 7.13. The van der Waals surface area contributed by atoms with Crippen LogP contribution in [0.4, 0.5) is 0 Å². The molecule has 1 fully saturated rings. The number of hydrogen-bond donors (Lipinski definition) is 1. The summed E-state index contributed by atoms with van der Waals surface area (Å²) in [4.78, 5) is 22.9. The van der Waals surface area contributed by atoms with Crippen molar-refractivity contribution in [2.75, 3.05) is 0 Å². The number of aryl methyl sites for hydroxylation is 1. The number of rotatable bonds is 4. The molecule has 1 saturated carbocycles. The predicted octanol–water partition coefficient (Wildman–Crippen LogP) is 3.67. The highest BCUT2D eigenvalue weighted by atomic mass is 32.1. The van der Waals surface area contributed by atoms with Crippen molar-refractivity contribution in [1.29, 1.82) is 5.26 Å². The molecule has 27 heavy (non-hydrogen) atoms. The second kappa shape index (κ2) is 7.49. The van der Waals surface area contributed by atoms with Crippen molar-refractivity contribution < 1.29 is 4.79 Å². The first-order chi connectivity index (χ1) is 13.2. The Morgan fingerprint density at radius 1 is 1.37 bits per heavy atom. The van der Waals surface area contributed by atoms with Gasteiger partial charge in [-0.15, -0.1) is 11.3 Å². The zero-order chi connectivity index (χ0) is 18.8. The second-order valence-electron chi connectivity index (χ2n) is 6.97. The van der Waals surface area contributed by atoms with E-state index in [1.807, 2.05) is 35.8 Å². The molecule has 0 saturated heterocycles. The minimum Gasteiger partial charge on any atom is -0.350 e. The summed E-state index contributed by atoms with van der Waals surface area (Å²) in [5.74, 6) is 0.603. The standard InChI is InChI=1S/C20H21N5OS/c1-13-19(27-12-22-13)20-24-16-8-4-5-9-17(16)25(20)11-18(26)23-15-7-3-2-6-14(15)10-21/h4-5,8-9,12,14-15H,2-3,6-7,11H2,1H3,(H,23,26). The first-order valence-electron chi connectivity index (χ1n) is 9.22. The molecule has 1 aliphatic carbocycles. The van der Waals surface area contributed by atoms with E-state index < -0.39 is 0 Å². The Balaban J connectivity index is 1.64. The van der Waals surface area contributed by atoms with Crippen LogP contribution in [0, 0.1) is 24.2 Å². The number of nitriles is 1. The molecule has 0 bridgehead atoms. The summed E-state index contributed by atoms with van der Waals surface area (Å²) in [6.07, 6.45) is 3.85. The van der Waals surface area contributed by atoms with Crippen molar-refractivity contribution >= 4 is 28.3 Å². The lowest BCUT2D eigenvalue weighted by Crippen LogP contribution is -2.43. The monoisotopic (exact) mass is 379 g/mol. The summed E-state index contributed by atoms with van der Waals surface area (Å²) >= 11 is 1.53. The Morgan fingerprint density at radius 3 is 2.96 bits per heavy atom. The second-order valence-corrected chi connectivity index (χ2v) is 7.83. The van der Waals surface area contributed by atoms with Crippen molar-refractivity contribution in [3.8, 4) is 16.8 Å². The molecule has 138 valence electrons. The van der Waals surface area contributed by atoms with E-state index in [1.54, 1.807) is 5.51 Å². The van der Waals surface area contributed by atoms with Crippen molar-refractivity contribution in [3.63, 3.8) is 0 Å². The maximum atomic E-state index is 12.8. The SMILES string of the molecule is Cc1ncsc1-c1nc2ccccc2n1CC(=O)NC1CCCCC1C#N. The van der Waals surface area contributed by atoms with Crippen molar-refractivity contribution in [1.82, 2.24) is 19.9 Å². The third kappa shape index (κ3) is 3.45. The zero-order valence-corrected chi connectivity index (χ0v) is 16.0. The molecular formula is C20H21N5OS. The predicted molar refractivity (Wildman–Crippen MR) is 105 cm³/mol. The topological polar surface area (TPSA) is 83.6 Å². The fourth-order valence-corrected chi connectivity index (χ4v) is 4.58. The van der Waals surface area contributed by atoms with Gasteiger partial charge in [0.15, 0.2) is 5.82 Å². The number of benzene rings is 1. The summed E-state index contributed by atoms with van der Waals surface area (Å²) in [7, 11) is 0. The number of nitrogens with zero attached hydrogens (tertiary/aromatic N) is 4. The van der Waals surface area contributed by atoms with Crippen molar-refractivity contribution in [2.24, 2.45) is 5.92 Å². The summed E-state index contributed by atoms with van der Waals surface area (Å²) in [5.41, 5.74) is 4.50. The third-order valence-corrected chi connectivity index (χ3v) is 6.11. The van der Waals surface area contributed by atoms with Crippen LogP contribution in [0.5, 0.6) is 0 Å². The summed E-state index contributed by atoms with van der Waals surface area (Å²) < 4.78 is 1.95. The molecule has 6 nitrogen and oxygen atoms in total. The average Bonchev–Trinajstić information content (AvgIpc) is 3.25. The lowest BCUT2D eigenvalue weighted by Gasteiger charge is -2.27. The van der Waals surface area contributed by atoms with Gasteiger partial charge in [-0.05, 0) is 31.9 Å². The van der Waals surface area contributed by atoms with Gasteiger partial charge in [0.05, 0.1) is 39.1 Å². The molecule has 2 unspecified atom stereocenters. The van der Waals surface area contributed by atoms with Crippen molar-refractivity contribution in [3.05, 3.63) is 35.5 Å². The van der Waals surface area contributed by atoms with Gasteiger partial charge in [0.2, 0.25) is 5.91 Å². The maximum Gasteiger partial charge on any atom is 0.240 e. The smallest absolute Gasteiger partial charge is 0.240 e. The number of amides is 1. The number of nitrogens with one attached hydrogen (secondary N) is 1. The molecule has 0 aliphatic heterocycles. The quantitative estimate of drug-likeness (QED) is 0.750. The number of imidazole rings is 1. The molecule has 4 rings (SSSR count). The van der Waals surface area contributed by atoms with E-state index in [9.17, 15) is 10.1 Å². The van der Waals surface area contributed by atoms with Crippen LogP contribution >= 0.6 is 11.3 Å². The first-order valence-corrected chi connectivity index (χ1v) is 10.1. The fraction of sp³-hybridized carbons (Fsp3) is 0.400. The van der Waals surface area contributed by atoms with Crippen molar-refractivity contribution in [2.45, 2.75) is 45.2 Å². The van der Waals surface area contributed by atoms with Crippen LogP contribution in [0.2, 0.25) is 0 Å². The fourth-order valence-electron chi connectivity index (χ4n) is 3.78. The Bertz CT molecular complexity index is 1010. The Morgan fingerprint density at radius 2 is 2.19 bits per heavy atom. The Labute approximate surface area is 161 Å². The number of carbonyl (C=O) groups is 1. The molecule has 1 amide bonds. The largest absolute Gasteiger partial charge is 0.350 e. The van der Waals surface area contributed by atoms with Gasteiger partial charge in [-0.3, -0.25) is 4.79 Å². The lowest BCUT2D eigenvalue weighted by molar-refractivity contribution is -0.122. The zero-order valence-electron chi connectivity index (χ0n) is 15.2.